The summed E-state index contributed by atoms with van der Waals surface area (Å²) in [5.41, 5.74) is 8.11. The maximum atomic E-state index is 12.1. The number of anilines is 2. The van der Waals surface area contributed by atoms with Crippen LogP contribution in [0, 0.1) is 6.92 Å². The molecular formula is C14H13N5O. The normalized spacial score (nSPS) is 10.7. The number of rotatable bonds is 2. The summed E-state index contributed by atoms with van der Waals surface area (Å²) in [4.78, 5) is 16.6. The first-order valence-corrected chi connectivity index (χ1v) is 6.12. The van der Waals surface area contributed by atoms with Crippen LogP contribution in [-0.2, 0) is 0 Å². The average Bonchev–Trinajstić information content (AvgIpc) is 2.86. The smallest absolute Gasteiger partial charge is 0.273 e. The lowest BCUT2D eigenvalue weighted by Crippen LogP contribution is -2.13. The van der Waals surface area contributed by atoms with Gasteiger partial charge < -0.3 is 11.1 Å². The van der Waals surface area contributed by atoms with Gasteiger partial charge in [-0.25, -0.2) is 0 Å². The van der Waals surface area contributed by atoms with Crippen molar-refractivity contribution in [2.45, 2.75) is 6.92 Å². The van der Waals surface area contributed by atoms with Crippen molar-refractivity contribution in [3.63, 3.8) is 0 Å². The Morgan fingerprint density at radius 3 is 2.90 bits per heavy atom. The number of amides is 1. The number of nitrogen functional groups attached to an aromatic ring is 1. The lowest BCUT2D eigenvalue weighted by Gasteiger charge is -2.07. The van der Waals surface area contributed by atoms with Crippen molar-refractivity contribution >= 4 is 28.3 Å². The van der Waals surface area contributed by atoms with E-state index in [-0.39, 0.29) is 11.7 Å². The van der Waals surface area contributed by atoms with Crippen LogP contribution in [0.3, 0.4) is 0 Å². The van der Waals surface area contributed by atoms with Crippen LogP contribution in [0.1, 0.15) is 16.2 Å². The Morgan fingerprint density at radius 2 is 2.15 bits per heavy atom. The zero-order valence-corrected chi connectivity index (χ0v) is 10.8. The van der Waals surface area contributed by atoms with Crippen molar-refractivity contribution in [3.8, 4) is 0 Å². The van der Waals surface area contributed by atoms with E-state index in [0.717, 1.165) is 16.6 Å². The zero-order chi connectivity index (χ0) is 14.1. The average molecular weight is 267 g/mol. The maximum absolute atomic E-state index is 12.1. The summed E-state index contributed by atoms with van der Waals surface area (Å²) in [5.74, 6) is -0.0213. The van der Waals surface area contributed by atoms with Gasteiger partial charge in [-0.2, -0.15) is 5.10 Å². The Morgan fingerprint density at radius 1 is 1.30 bits per heavy atom. The van der Waals surface area contributed by atoms with Crippen molar-refractivity contribution in [1.82, 2.24) is 15.2 Å². The van der Waals surface area contributed by atoms with Gasteiger partial charge in [0.15, 0.2) is 0 Å². The summed E-state index contributed by atoms with van der Waals surface area (Å²) in [6, 6.07) is 11.0. The molecule has 0 radical (unpaired) electrons. The Labute approximate surface area is 115 Å². The van der Waals surface area contributed by atoms with Crippen molar-refractivity contribution in [1.29, 1.82) is 0 Å². The Balaban J connectivity index is 1.98. The van der Waals surface area contributed by atoms with Crippen LogP contribution < -0.4 is 11.1 Å². The number of hydrogen-bond acceptors (Lipinski definition) is 4. The van der Waals surface area contributed by atoms with Gasteiger partial charge in [-0.05, 0) is 19.1 Å². The number of aryl methyl sites for hydroxylation is 1. The van der Waals surface area contributed by atoms with Crippen LogP contribution in [0.15, 0.2) is 36.4 Å². The van der Waals surface area contributed by atoms with Crippen LogP contribution in [0.4, 0.5) is 11.5 Å². The van der Waals surface area contributed by atoms with E-state index in [4.69, 9.17) is 5.73 Å². The molecule has 6 nitrogen and oxygen atoms in total. The van der Waals surface area contributed by atoms with E-state index in [9.17, 15) is 4.79 Å². The number of nitrogens with zero attached hydrogens (tertiary/aromatic N) is 2. The molecule has 20 heavy (non-hydrogen) atoms. The van der Waals surface area contributed by atoms with E-state index >= 15 is 0 Å². The van der Waals surface area contributed by atoms with E-state index in [0.29, 0.717) is 11.4 Å². The number of fused-ring (bicyclic) bond motifs is 1. The van der Waals surface area contributed by atoms with E-state index in [1.54, 1.807) is 0 Å². The van der Waals surface area contributed by atoms with E-state index in [1.165, 1.54) is 6.07 Å². The van der Waals surface area contributed by atoms with Crippen LogP contribution in [-0.4, -0.2) is 21.1 Å². The molecule has 2 heterocycles. The monoisotopic (exact) mass is 267 g/mol. The molecule has 0 saturated heterocycles. The molecule has 0 aliphatic heterocycles. The number of carbonyl (C=O) groups is 1. The standard InChI is InChI=1S/C14H13N5O/c1-8-5-6-9-3-2-4-10(13(9)16-8)17-14(20)11-7-12(15)19-18-11/h2-7H,1H3,(H,17,20)(H3,15,18,19). The topological polar surface area (TPSA) is 96.7 Å². The van der Waals surface area contributed by atoms with Gasteiger partial charge in [-0.1, -0.05) is 18.2 Å². The molecule has 0 bridgehead atoms. The summed E-state index contributed by atoms with van der Waals surface area (Å²) >= 11 is 0. The molecule has 6 heteroatoms. The third kappa shape index (κ3) is 2.18. The van der Waals surface area contributed by atoms with E-state index in [1.807, 2.05) is 37.3 Å². The van der Waals surface area contributed by atoms with Crippen LogP contribution in [0.5, 0.6) is 0 Å². The van der Waals surface area contributed by atoms with Crippen molar-refractivity contribution in [2.24, 2.45) is 0 Å². The second-order valence-electron chi connectivity index (χ2n) is 4.49. The number of hydrogen-bond donors (Lipinski definition) is 3. The van der Waals surface area contributed by atoms with Gasteiger partial charge >= 0.3 is 0 Å². The molecule has 4 N–H and O–H groups in total. The van der Waals surface area contributed by atoms with Gasteiger partial charge in [0.25, 0.3) is 5.91 Å². The first kappa shape index (κ1) is 12.2. The Bertz CT molecular complexity index is 793. The molecule has 0 fully saturated rings. The molecule has 2 aromatic heterocycles. The molecule has 100 valence electrons. The maximum Gasteiger partial charge on any atom is 0.273 e. The van der Waals surface area contributed by atoms with E-state index < -0.39 is 0 Å². The molecule has 1 amide bonds. The summed E-state index contributed by atoms with van der Waals surface area (Å²) in [5, 5.41) is 10.1. The third-order valence-corrected chi connectivity index (χ3v) is 2.95. The number of aromatic amines is 1. The van der Waals surface area contributed by atoms with Crippen molar-refractivity contribution in [2.75, 3.05) is 11.1 Å². The molecule has 0 unspecified atom stereocenters. The van der Waals surface area contributed by atoms with Crippen LogP contribution in [0.25, 0.3) is 10.9 Å². The number of nitrogens with one attached hydrogen (secondary N) is 2. The first-order valence-electron chi connectivity index (χ1n) is 6.12. The number of nitrogens with two attached hydrogens (primary N) is 1. The number of carbonyl (C=O) groups excluding carboxylic acids is 1. The molecule has 3 rings (SSSR count). The SMILES string of the molecule is Cc1ccc2cccc(NC(=O)c3cc(N)n[nH]3)c2n1. The van der Waals surface area contributed by atoms with Gasteiger partial charge in [0.1, 0.15) is 11.5 Å². The van der Waals surface area contributed by atoms with Gasteiger partial charge in [0, 0.05) is 17.1 Å². The molecule has 0 saturated carbocycles. The molecule has 1 aromatic carbocycles. The highest BCUT2D eigenvalue weighted by atomic mass is 16.1. The second kappa shape index (κ2) is 4.65. The second-order valence-corrected chi connectivity index (χ2v) is 4.49. The predicted molar refractivity (Wildman–Crippen MR) is 77.4 cm³/mol. The summed E-state index contributed by atoms with van der Waals surface area (Å²) in [6.45, 7) is 1.91. The first-order chi connectivity index (χ1) is 9.63. The highest BCUT2D eigenvalue weighted by molar-refractivity contribution is 6.07. The van der Waals surface area contributed by atoms with Gasteiger partial charge in [-0.3, -0.25) is 14.9 Å². The largest absolute Gasteiger partial charge is 0.382 e. The quantitative estimate of drug-likeness (QED) is 0.662. The minimum atomic E-state index is -0.301. The van der Waals surface area contributed by atoms with Gasteiger partial charge in [-0.15, -0.1) is 0 Å². The minimum Gasteiger partial charge on any atom is -0.382 e. The lowest BCUT2D eigenvalue weighted by atomic mass is 10.1. The fourth-order valence-corrected chi connectivity index (χ4v) is 1.99. The van der Waals surface area contributed by atoms with Crippen LogP contribution >= 0.6 is 0 Å². The third-order valence-electron chi connectivity index (χ3n) is 2.95. The fourth-order valence-electron chi connectivity index (χ4n) is 1.99. The lowest BCUT2D eigenvalue weighted by molar-refractivity contribution is 0.102. The Hall–Kier alpha value is -2.89. The number of benzene rings is 1. The minimum absolute atomic E-state index is 0.280. The van der Waals surface area contributed by atoms with E-state index in [2.05, 4.69) is 20.5 Å². The Kier molecular flexibility index (Phi) is 2.83. The molecule has 3 aromatic rings. The fraction of sp³-hybridized carbons (Fsp3) is 0.0714. The molecule has 0 aliphatic rings. The number of para-hydroxylation sites is 1. The highest BCUT2D eigenvalue weighted by Gasteiger charge is 2.11. The predicted octanol–water partition coefficient (Wildman–Crippen LogP) is 2.10. The highest BCUT2D eigenvalue weighted by Crippen LogP contribution is 2.22. The van der Waals surface area contributed by atoms with Gasteiger partial charge in [0.2, 0.25) is 0 Å². The summed E-state index contributed by atoms with van der Waals surface area (Å²) in [6.07, 6.45) is 0. The molecule has 0 aliphatic carbocycles. The zero-order valence-electron chi connectivity index (χ0n) is 10.8. The van der Waals surface area contributed by atoms with Gasteiger partial charge in [0.05, 0.1) is 11.2 Å². The summed E-state index contributed by atoms with van der Waals surface area (Å²) < 4.78 is 0. The number of H-pyrrole nitrogens is 1. The van der Waals surface area contributed by atoms with Crippen molar-refractivity contribution in [3.05, 3.63) is 47.8 Å². The molecule has 0 atom stereocenters. The number of pyridine rings is 1. The number of aromatic nitrogens is 3. The van der Waals surface area contributed by atoms with Crippen LogP contribution in [0.2, 0.25) is 0 Å². The summed E-state index contributed by atoms with van der Waals surface area (Å²) in [7, 11) is 0. The molecular weight excluding hydrogens is 254 g/mol. The van der Waals surface area contributed by atoms with Crippen molar-refractivity contribution < 1.29 is 4.79 Å². The molecule has 0 spiro atoms.